The zero-order valence-electron chi connectivity index (χ0n) is 22.0. The highest BCUT2D eigenvalue weighted by molar-refractivity contribution is 6.08. The lowest BCUT2D eigenvalue weighted by Crippen LogP contribution is -2.40. The van der Waals surface area contributed by atoms with Gasteiger partial charge in [0.25, 0.3) is 5.91 Å². The zero-order valence-corrected chi connectivity index (χ0v) is 22.0. The number of methoxy groups -OCH3 is 1. The Kier molecular flexibility index (Phi) is 7.82. The minimum Gasteiger partial charge on any atom is -0.492 e. The second-order valence-corrected chi connectivity index (χ2v) is 10.7. The third-order valence-corrected chi connectivity index (χ3v) is 7.28. The largest absolute Gasteiger partial charge is 0.492 e. The van der Waals surface area contributed by atoms with E-state index in [2.05, 4.69) is 31.2 Å². The Labute approximate surface area is 214 Å². The number of hydrogen-bond acceptors (Lipinski definition) is 5. The fourth-order valence-corrected chi connectivity index (χ4v) is 5.05. The number of carbonyl (C=O) groups excluding carboxylic acids is 2. The highest BCUT2D eigenvalue weighted by Gasteiger charge is 2.49. The highest BCUT2D eigenvalue weighted by Crippen LogP contribution is 2.40. The molecule has 0 N–H and O–H groups in total. The molecule has 1 aliphatic carbocycles. The quantitative estimate of drug-likeness (QED) is 0.373. The van der Waals surface area contributed by atoms with Crippen molar-refractivity contribution in [3.8, 4) is 16.9 Å². The fourth-order valence-electron chi connectivity index (χ4n) is 5.05. The molecule has 4 rings (SSSR count). The first kappa shape index (κ1) is 25.9. The summed E-state index contributed by atoms with van der Waals surface area (Å²) in [5.74, 6) is 1.56. The van der Waals surface area contributed by atoms with Gasteiger partial charge in [0.1, 0.15) is 23.7 Å². The van der Waals surface area contributed by atoms with Crippen molar-refractivity contribution in [1.29, 1.82) is 0 Å². The van der Waals surface area contributed by atoms with Gasteiger partial charge in [-0.3, -0.25) is 19.5 Å². The van der Waals surface area contributed by atoms with Crippen LogP contribution in [0.3, 0.4) is 0 Å². The summed E-state index contributed by atoms with van der Waals surface area (Å²) in [4.78, 5) is 32.3. The second kappa shape index (κ2) is 10.9. The number of aliphatic imine (C=N–C) groups is 1. The van der Waals surface area contributed by atoms with Crippen molar-refractivity contribution in [3.05, 3.63) is 54.1 Å². The third-order valence-electron chi connectivity index (χ3n) is 7.28. The lowest BCUT2D eigenvalue weighted by Gasteiger charge is -2.23. The number of ether oxygens (including phenoxy) is 2. The summed E-state index contributed by atoms with van der Waals surface area (Å²) in [5, 5.41) is 0. The number of carbonyl (C=O) groups is 2. The van der Waals surface area contributed by atoms with E-state index in [0.717, 1.165) is 67.5 Å². The van der Waals surface area contributed by atoms with Gasteiger partial charge in [0, 0.05) is 6.42 Å². The molecule has 2 aliphatic rings. The smallest absolute Gasteiger partial charge is 0.314 e. The Morgan fingerprint density at radius 1 is 1.08 bits per heavy atom. The molecule has 0 atom stereocenters. The predicted octanol–water partition coefficient (Wildman–Crippen LogP) is 6.18. The summed E-state index contributed by atoms with van der Waals surface area (Å²) in [7, 11) is 1.39. The van der Waals surface area contributed by atoms with E-state index in [4.69, 9.17) is 14.5 Å². The Morgan fingerprint density at radius 2 is 1.81 bits per heavy atom. The van der Waals surface area contributed by atoms with Crippen LogP contribution in [0.25, 0.3) is 11.1 Å². The lowest BCUT2D eigenvalue weighted by molar-refractivity contribution is -0.152. The van der Waals surface area contributed by atoms with Gasteiger partial charge in [0.05, 0.1) is 19.1 Å². The summed E-state index contributed by atoms with van der Waals surface area (Å²) in [6.45, 7) is 6.58. The van der Waals surface area contributed by atoms with Crippen LogP contribution in [0.5, 0.6) is 5.75 Å². The topological polar surface area (TPSA) is 68.2 Å². The van der Waals surface area contributed by atoms with Gasteiger partial charge < -0.3 is 9.47 Å². The average molecular weight is 491 g/mol. The van der Waals surface area contributed by atoms with E-state index in [9.17, 15) is 9.59 Å². The molecule has 1 saturated carbocycles. The number of nitrogens with zero attached hydrogens (tertiary/aromatic N) is 2. The number of benzene rings is 2. The molecular weight excluding hydrogens is 452 g/mol. The molecule has 2 aromatic rings. The van der Waals surface area contributed by atoms with Crippen molar-refractivity contribution < 1.29 is 19.1 Å². The zero-order chi connectivity index (χ0) is 25.8. The Bertz CT molecular complexity index is 1110. The molecule has 36 heavy (non-hydrogen) atoms. The molecule has 0 saturated heterocycles. The van der Waals surface area contributed by atoms with Crippen molar-refractivity contribution in [2.45, 2.75) is 77.8 Å². The van der Waals surface area contributed by atoms with Gasteiger partial charge in [0.15, 0.2) is 0 Å². The van der Waals surface area contributed by atoms with Crippen LogP contribution in [-0.2, 0) is 20.9 Å². The normalized spacial score (nSPS) is 16.9. The maximum Gasteiger partial charge on any atom is 0.314 e. The molecule has 6 nitrogen and oxygen atoms in total. The van der Waals surface area contributed by atoms with Gasteiger partial charge in [-0.05, 0) is 61.9 Å². The number of amidine groups is 1. The first-order valence-electron chi connectivity index (χ1n) is 13.1. The maximum absolute atomic E-state index is 13.4. The van der Waals surface area contributed by atoms with E-state index in [1.54, 1.807) is 13.8 Å². The molecular formula is C30H38N2O4. The summed E-state index contributed by atoms with van der Waals surface area (Å²) in [6.07, 6.45) is 6.93. The highest BCUT2D eigenvalue weighted by atomic mass is 16.5. The number of unbranched alkanes of at least 4 members (excludes halogenated alkanes) is 1. The van der Waals surface area contributed by atoms with Crippen LogP contribution in [0.15, 0.2) is 53.5 Å². The van der Waals surface area contributed by atoms with E-state index in [1.807, 2.05) is 29.2 Å². The summed E-state index contributed by atoms with van der Waals surface area (Å²) < 4.78 is 10.8. The van der Waals surface area contributed by atoms with Gasteiger partial charge in [-0.2, -0.15) is 0 Å². The van der Waals surface area contributed by atoms with Gasteiger partial charge in [-0.25, -0.2) is 0 Å². The van der Waals surface area contributed by atoms with E-state index in [0.29, 0.717) is 12.3 Å². The van der Waals surface area contributed by atoms with Crippen molar-refractivity contribution in [2.24, 2.45) is 10.4 Å². The number of hydrogen-bond donors (Lipinski definition) is 0. The van der Waals surface area contributed by atoms with Gasteiger partial charge >= 0.3 is 5.97 Å². The van der Waals surface area contributed by atoms with Crippen LogP contribution in [-0.4, -0.2) is 41.9 Å². The van der Waals surface area contributed by atoms with Crippen molar-refractivity contribution in [2.75, 3.05) is 13.7 Å². The minimum absolute atomic E-state index is 0.190. The molecule has 0 radical (unpaired) electrons. The third kappa shape index (κ3) is 5.48. The van der Waals surface area contributed by atoms with Crippen LogP contribution in [0.4, 0.5) is 0 Å². The number of amides is 1. The second-order valence-electron chi connectivity index (χ2n) is 10.7. The lowest BCUT2D eigenvalue weighted by atomic mass is 9.95. The number of esters is 1. The number of rotatable bonds is 10. The Balaban J connectivity index is 1.45. The van der Waals surface area contributed by atoms with Gasteiger partial charge in [0.2, 0.25) is 0 Å². The average Bonchev–Trinajstić information content (AvgIpc) is 3.47. The molecule has 0 bridgehead atoms. The van der Waals surface area contributed by atoms with Crippen LogP contribution in [0, 0.1) is 5.41 Å². The molecule has 0 unspecified atom stereocenters. The van der Waals surface area contributed by atoms with Crippen LogP contribution in [0.1, 0.15) is 71.3 Å². The first-order valence-corrected chi connectivity index (χ1v) is 13.1. The SMILES string of the molecule is CCCCC1=NC2(CCCC2)C(=O)N1Cc1ccc(-c2cccc(OCC(C)(C)C(=O)OC)c2)cc1. The molecule has 6 heteroatoms. The fraction of sp³-hybridized carbons (Fsp3) is 0.500. The van der Waals surface area contributed by atoms with E-state index in [-0.39, 0.29) is 18.5 Å². The molecule has 1 amide bonds. The Morgan fingerprint density at radius 3 is 2.47 bits per heavy atom. The maximum atomic E-state index is 13.4. The summed E-state index contributed by atoms with van der Waals surface area (Å²) >= 11 is 0. The Hall–Kier alpha value is -3.15. The molecule has 192 valence electrons. The van der Waals surface area contributed by atoms with Crippen molar-refractivity contribution >= 4 is 17.7 Å². The molecule has 1 aliphatic heterocycles. The van der Waals surface area contributed by atoms with Gasteiger partial charge in [-0.15, -0.1) is 0 Å². The summed E-state index contributed by atoms with van der Waals surface area (Å²) in [5.41, 5.74) is 1.97. The molecule has 2 aromatic carbocycles. The van der Waals surface area contributed by atoms with Crippen LogP contribution >= 0.6 is 0 Å². The summed E-state index contributed by atoms with van der Waals surface area (Å²) in [6, 6.07) is 16.2. The van der Waals surface area contributed by atoms with E-state index >= 15 is 0 Å². The monoisotopic (exact) mass is 490 g/mol. The molecule has 1 heterocycles. The van der Waals surface area contributed by atoms with E-state index < -0.39 is 11.0 Å². The minimum atomic E-state index is -0.726. The molecule has 1 fully saturated rings. The van der Waals surface area contributed by atoms with Crippen molar-refractivity contribution in [3.63, 3.8) is 0 Å². The van der Waals surface area contributed by atoms with E-state index in [1.165, 1.54) is 7.11 Å². The van der Waals surface area contributed by atoms with Gasteiger partial charge in [-0.1, -0.05) is 62.6 Å². The predicted molar refractivity (Wildman–Crippen MR) is 142 cm³/mol. The molecule has 0 aromatic heterocycles. The van der Waals surface area contributed by atoms with Crippen molar-refractivity contribution in [1.82, 2.24) is 4.90 Å². The van der Waals surface area contributed by atoms with Crippen LogP contribution in [0.2, 0.25) is 0 Å². The first-order chi connectivity index (χ1) is 17.3. The molecule has 1 spiro atoms. The standard InChI is InChI=1S/C30H38N2O4/c1-5-6-12-26-31-30(17-7-8-18-30)27(33)32(26)20-22-13-15-23(16-14-22)24-10-9-11-25(19-24)36-21-29(2,3)28(34)35-4/h9-11,13-16,19H,5-8,12,17-18,20-21H2,1-4H3. The van der Waals surface area contributed by atoms with Crippen LogP contribution < -0.4 is 4.74 Å².